The van der Waals surface area contributed by atoms with Gasteiger partial charge in [-0.15, -0.1) is 0 Å². The first-order valence-corrected chi connectivity index (χ1v) is 10.7. The summed E-state index contributed by atoms with van der Waals surface area (Å²) in [4.78, 5) is 32.5. The van der Waals surface area contributed by atoms with Gasteiger partial charge in [-0.2, -0.15) is 0 Å². The van der Waals surface area contributed by atoms with Gasteiger partial charge in [-0.05, 0) is 37.1 Å². The molecule has 2 unspecified atom stereocenters. The number of ether oxygens (including phenoxy) is 1. The molecular formula is C23H24N2O3S. The Morgan fingerprint density at radius 2 is 2.00 bits per heavy atom. The van der Waals surface area contributed by atoms with Crippen molar-refractivity contribution in [1.82, 2.24) is 4.90 Å². The number of benzene rings is 2. The lowest BCUT2D eigenvalue weighted by Crippen LogP contribution is -2.40. The van der Waals surface area contributed by atoms with Crippen LogP contribution < -0.4 is 4.74 Å². The van der Waals surface area contributed by atoms with E-state index in [0.717, 1.165) is 29.2 Å². The number of aliphatic imine (C=N–C) groups is 1. The van der Waals surface area contributed by atoms with Crippen molar-refractivity contribution in [1.29, 1.82) is 0 Å². The lowest BCUT2D eigenvalue weighted by atomic mass is 9.88. The van der Waals surface area contributed by atoms with E-state index in [1.54, 1.807) is 18.9 Å². The van der Waals surface area contributed by atoms with E-state index in [9.17, 15) is 9.59 Å². The molecule has 5 nitrogen and oxygen atoms in total. The molecule has 150 valence electrons. The molecule has 0 radical (unpaired) electrons. The number of hydrogen-bond acceptors (Lipinski definition) is 5. The molecule has 0 saturated carbocycles. The van der Waals surface area contributed by atoms with Crippen molar-refractivity contribution >= 4 is 39.4 Å². The molecule has 29 heavy (non-hydrogen) atoms. The van der Waals surface area contributed by atoms with Gasteiger partial charge in [0, 0.05) is 16.8 Å². The smallest absolute Gasteiger partial charge is 0.243 e. The van der Waals surface area contributed by atoms with Gasteiger partial charge in [-0.1, -0.05) is 55.4 Å². The molecule has 1 fully saturated rings. The van der Waals surface area contributed by atoms with Crippen molar-refractivity contribution in [2.24, 2.45) is 4.99 Å². The van der Waals surface area contributed by atoms with E-state index in [1.807, 2.05) is 43.3 Å². The summed E-state index contributed by atoms with van der Waals surface area (Å²) in [5.74, 6) is 0.599. The molecule has 6 heteroatoms. The summed E-state index contributed by atoms with van der Waals surface area (Å²) in [7, 11) is 1.62. The molecule has 2 aliphatic rings. The Labute approximate surface area is 174 Å². The maximum atomic E-state index is 13.4. The summed E-state index contributed by atoms with van der Waals surface area (Å²) >= 11 is 1.50. The van der Waals surface area contributed by atoms with E-state index in [0.29, 0.717) is 22.2 Å². The Hall–Kier alpha value is -2.60. The fraction of sp³-hybridized carbons (Fsp3) is 0.348. The van der Waals surface area contributed by atoms with Crippen molar-refractivity contribution in [3.63, 3.8) is 0 Å². The minimum atomic E-state index is -0.539. The van der Waals surface area contributed by atoms with E-state index < -0.39 is 6.04 Å². The third-order valence-corrected chi connectivity index (χ3v) is 6.73. The molecule has 0 bridgehead atoms. The predicted molar refractivity (Wildman–Crippen MR) is 117 cm³/mol. The Morgan fingerprint density at radius 1 is 1.24 bits per heavy atom. The van der Waals surface area contributed by atoms with Crippen molar-refractivity contribution in [2.75, 3.05) is 7.11 Å². The molecule has 0 N–H and O–H groups in total. The number of amides is 1. The normalized spacial score (nSPS) is 21.4. The summed E-state index contributed by atoms with van der Waals surface area (Å²) in [6.45, 7) is 5.47. The van der Waals surface area contributed by atoms with Crippen molar-refractivity contribution in [3.8, 4) is 5.75 Å². The quantitative estimate of drug-likeness (QED) is 0.708. The standard InChI is InChI=1S/C23H24N2O3S/c1-5-8-18-22(27)25-21(19(14(3)26)13(2)24-23(25)29-18)20-16-10-7-6-9-15(16)11-12-17(20)28-4/h6-7,9-12,18,21H,5,8H2,1-4H3. The highest BCUT2D eigenvalue weighted by Crippen LogP contribution is 2.48. The summed E-state index contributed by atoms with van der Waals surface area (Å²) in [6.07, 6.45) is 1.70. The number of carbonyl (C=O) groups is 2. The van der Waals surface area contributed by atoms with Crippen LogP contribution in [0.3, 0.4) is 0 Å². The Kier molecular flexibility index (Phi) is 5.21. The van der Waals surface area contributed by atoms with Crippen molar-refractivity contribution in [3.05, 3.63) is 53.2 Å². The number of allylic oxidation sites excluding steroid dienone is 1. The van der Waals surface area contributed by atoms with Gasteiger partial charge < -0.3 is 4.74 Å². The predicted octanol–water partition coefficient (Wildman–Crippen LogP) is 4.87. The fourth-order valence-electron chi connectivity index (χ4n) is 4.23. The minimum absolute atomic E-state index is 0.0156. The average Bonchev–Trinajstić information content (AvgIpc) is 3.01. The number of fused-ring (bicyclic) bond motifs is 2. The highest BCUT2D eigenvalue weighted by Gasteiger charge is 2.47. The second-order valence-electron chi connectivity index (χ2n) is 7.36. The summed E-state index contributed by atoms with van der Waals surface area (Å²) < 4.78 is 5.71. The van der Waals surface area contributed by atoms with Crippen molar-refractivity contribution in [2.45, 2.75) is 44.9 Å². The zero-order valence-corrected chi connectivity index (χ0v) is 17.9. The first kappa shape index (κ1) is 19.7. The minimum Gasteiger partial charge on any atom is -0.496 e. The Balaban J connectivity index is 2.00. The van der Waals surface area contributed by atoms with Crippen LogP contribution in [0.25, 0.3) is 10.8 Å². The van der Waals surface area contributed by atoms with Crippen LogP contribution in [0, 0.1) is 0 Å². The Bertz CT molecular complexity index is 1070. The first-order chi connectivity index (χ1) is 14.0. The maximum absolute atomic E-state index is 13.4. The zero-order chi connectivity index (χ0) is 20.7. The van der Waals surface area contributed by atoms with Crippen LogP contribution in [0.5, 0.6) is 5.75 Å². The van der Waals surface area contributed by atoms with Crippen LogP contribution in [0.2, 0.25) is 0 Å². The Morgan fingerprint density at radius 3 is 2.69 bits per heavy atom. The van der Waals surface area contributed by atoms with Crippen LogP contribution in [-0.2, 0) is 9.59 Å². The molecule has 2 aromatic rings. The second kappa shape index (κ2) is 7.67. The van der Waals surface area contributed by atoms with Gasteiger partial charge in [-0.3, -0.25) is 14.5 Å². The number of nitrogens with zero attached hydrogens (tertiary/aromatic N) is 2. The molecule has 0 aliphatic carbocycles. The number of rotatable bonds is 5. The summed E-state index contributed by atoms with van der Waals surface area (Å²) in [5.41, 5.74) is 2.06. The lowest BCUT2D eigenvalue weighted by molar-refractivity contribution is -0.127. The van der Waals surface area contributed by atoms with Crippen LogP contribution >= 0.6 is 11.8 Å². The number of ketones is 1. The molecule has 2 aromatic carbocycles. The van der Waals surface area contributed by atoms with E-state index in [1.165, 1.54) is 11.8 Å². The highest BCUT2D eigenvalue weighted by atomic mass is 32.2. The highest BCUT2D eigenvalue weighted by molar-refractivity contribution is 8.15. The number of amidine groups is 1. The van der Waals surface area contributed by atoms with E-state index >= 15 is 0 Å². The third kappa shape index (κ3) is 3.15. The maximum Gasteiger partial charge on any atom is 0.243 e. The molecule has 2 atom stereocenters. The van der Waals surface area contributed by atoms with Crippen LogP contribution in [0.4, 0.5) is 0 Å². The average molecular weight is 409 g/mol. The van der Waals surface area contributed by atoms with E-state index in [4.69, 9.17) is 4.74 Å². The lowest BCUT2D eigenvalue weighted by Gasteiger charge is -2.34. The zero-order valence-electron chi connectivity index (χ0n) is 17.1. The van der Waals surface area contributed by atoms with Gasteiger partial charge in [0.05, 0.1) is 18.4 Å². The van der Waals surface area contributed by atoms with Crippen LogP contribution in [0.1, 0.15) is 45.2 Å². The molecule has 2 aliphatic heterocycles. The number of Topliss-reactive ketones (excluding diaryl/α,β-unsaturated/α-hetero) is 1. The molecule has 2 heterocycles. The van der Waals surface area contributed by atoms with Gasteiger partial charge in [0.1, 0.15) is 5.75 Å². The second-order valence-corrected chi connectivity index (χ2v) is 8.53. The number of hydrogen-bond donors (Lipinski definition) is 0. The number of thioether (sulfide) groups is 1. The third-order valence-electron chi connectivity index (χ3n) is 5.51. The molecular weight excluding hydrogens is 384 g/mol. The van der Waals surface area contributed by atoms with Gasteiger partial charge in [0.15, 0.2) is 11.0 Å². The van der Waals surface area contributed by atoms with Gasteiger partial charge >= 0.3 is 0 Å². The SMILES string of the molecule is CCCC1SC2=NC(C)=C(C(C)=O)C(c3c(OC)ccc4ccccc34)N2C1=O. The van der Waals surface area contributed by atoms with Gasteiger partial charge in [-0.25, -0.2) is 4.99 Å². The fourth-order valence-corrected chi connectivity index (χ4v) is 5.55. The van der Waals surface area contributed by atoms with E-state index in [-0.39, 0.29) is 16.9 Å². The van der Waals surface area contributed by atoms with E-state index in [2.05, 4.69) is 11.9 Å². The van der Waals surface area contributed by atoms with Gasteiger partial charge in [0.25, 0.3) is 0 Å². The molecule has 0 spiro atoms. The van der Waals surface area contributed by atoms with Crippen LogP contribution in [0.15, 0.2) is 52.7 Å². The topological polar surface area (TPSA) is 59.0 Å². The summed E-state index contributed by atoms with van der Waals surface area (Å²) in [5, 5.41) is 2.52. The molecule has 4 rings (SSSR count). The number of carbonyl (C=O) groups excluding carboxylic acids is 2. The largest absolute Gasteiger partial charge is 0.496 e. The monoisotopic (exact) mass is 408 g/mol. The first-order valence-electron chi connectivity index (χ1n) is 9.83. The molecule has 1 saturated heterocycles. The number of methoxy groups -OCH3 is 1. The van der Waals surface area contributed by atoms with Gasteiger partial charge in [0.2, 0.25) is 5.91 Å². The molecule has 0 aromatic heterocycles. The molecule has 1 amide bonds. The summed E-state index contributed by atoms with van der Waals surface area (Å²) in [6, 6.07) is 11.4. The van der Waals surface area contributed by atoms with Crippen LogP contribution in [-0.4, -0.2) is 34.1 Å². The van der Waals surface area contributed by atoms with Crippen molar-refractivity contribution < 1.29 is 14.3 Å².